The van der Waals surface area contributed by atoms with Crippen LogP contribution in [0.25, 0.3) is 12.2 Å². The predicted molar refractivity (Wildman–Crippen MR) is 37.7 cm³/mol. The van der Waals surface area contributed by atoms with Crippen LogP contribution in [0.2, 0.25) is 0 Å². The summed E-state index contributed by atoms with van der Waals surface area (Å²) in [6.07, 6.45) is 6.40. The van der Waals surface area contributed by atoms with Crippen LogP contribution in [0.1, 0.15) is 6.42 Å². The van der Waals surface area contributed by atoms with E-state index in [1.165, 1.54) is 0 Å². The molecule has 1 aliphatic carbocycles. The topological polar surface area (TPSA) is 45.8 Å². The third-order valence-corrected chi connectivity index (χ3v) is 1.59. The first-order valence-corrected chi connectivity index (χ1v) is 3.12. The molecule has 3 heteroatoms. The number of nitrogens with one attached hydrogen (secondary N) is 1. The molecular formula is C7H6N2O. The van der Waals surface area contributed by atoms with E-state index in [4.69, 9.17) is 0 Å². The number of aromatic nitrogens is 2. The molecule has 1 aromatic heterocycles. The average molecular weight is 134 g/mol. The minimum absolute atomic E-state index is 0.0914. The van der Waals surface area contributed by atoms with E-state index < -0.39 is 0 Å². The van der Waals surface area contributed by atoms with Gasteiger partial charge in [0.15, 0.2) is 0 Å². The zero-order chi connectivity index (χ0) is 6.97. The van der Waals surface area contributed by atoms with Gasteiger partial charge in [-0.2, -0.15) is 5.10 Å². The highest BCUT2D eigenvalue weighted by atomic mass is 16.1. The molecule has 0 saturated heterocycles. The first-order chi connectivity index (χ1) is 4.88. The van der Waals surface area contributed by atoms with Crippen LogP contribution in [-0.2, 0) is 0 Å². The number of rotatable bonds is 0. The summed E-state index contributed by atoms with van der Waals surface area (Å²) in [5.41, 5.74) is -0.0914. The number of nitrogens with zero attached hydrogens (tertiary/aromatic N) is 1. The molecule has 0 radical (unpaired) electrons. The van der Waals surface area contributed by atoms with Crippen LogP contribution in [0.15, 0.2) is 11.0 Å². The lowest BCUT2D eigenvalue weighted by Gasteiger charge is -1.80. The molecular weight excluding hydrogens is 128 g/mol. The van der Waals surface area contributed by atoms with Gasteiger partial charge in [0.25, 0.3) is 5.56 Å². The molecule has 0 atom stereocenters. The smallest absolute Gasteiger partial charge is 0.267 e. The Morgan fingerprint density at radius 2 is 2.40 bits per heavy atom. The molecule has 0 unspecified atom stereocenters. The Hall–Kier alpha value is -1.38. The van der Waals surface area contributed by atoms with Gasteiger partial charge in [-0.3, -0.25) is 4.79 Å². The van der Waals surface area contributed by atoms with Gasteiger partial charge in [0.05, 0.1) is 6.20 Å². The maximum absolute atomic E-state index is 10.9. The Bertz CT molecular complexity index is 416. The van der Waals surface area contributed by atoms with Crippen LogP contribution in [0.3, 0.4) is 0 Å². The van der Waals surface area contributed by atoms with E-state index >= 15 is 0 Å². The van der Waals surface area contributed by atoms with Crippen molar-refractivity contribution in [3.05, 3.63) is 27.0 Å². The predicted octanol–water partition coefficient (Wildman–Crippen LogP) is -1.27. The van der Waals surface area contributed by atoms with Gasteiger partial charge >= 0.3 is 0 Å². The Kier molecular flexibility index (Phi) is 0.974. The van der Waals surface area contributed by atoms with Crippen LogP contribution in [0.5, 0.6) is 0 Å². The van der Waals surface area contributed by atoms with Gasteiger partial charge in [-0.05, 0) is 6.42 Å². The molecule has 0 bridgehead atoms. The molecule has 2 rings (SSSR count). The molecule has 0 saturated carbocycles. The second-order valence-corrected chi connectivity index (χ2v) is 2.21. The summed E-state index contributed by atoms with van der Waals surface area (Å²) in [5, 5.41) is 7.75. The van der Waals surface area contributed by atoms with Crippen LogP contribution >= 0.6 is 0 Å². The molecule has 0 spiro atoms. The van der Waals surface area contributed by atoms with Gasteiger partial charge in [0, 0.05) is 10.4 Å². The summed E-state index contributed by atoms with van der Waals surface area (Å²) < 4.78 is 0. The lowest BCUT2D eigenvalue weighted by molar-refractivity contribution is 0.964. The second kappa shape index (κ2) is 1.80. The first-order valence-electron chi connectivity index (χ1n) is 3.12. The minimum atomic E-state index is -0.0914. The lowest BCUT2D eigenvalue weighted by atomic mass is 10.4. The van der Waals surface area contributed by atoms with E-state index in [1.54, 1.807) is 6.20 Å². The fraction of sp³-hybridized carbons (Fsp3) is 0.143. The number of fused-ring (bicyclic) bond motifs is 1. The Morgan fingerprint density at radius 1 is 1.50 bits per heavy atom. The van der Waals surface area contributed by atoms with Crippen molar-refractivity contribution in [1.82, 2.24) is 10.2 Å². The highest BCUT2D eigenvalue weighted by Gasteiger charge is 1.95. The van der Waals surface area contributed by atoms with E-state index in [1.807, 2.05) is 12.2 Å². The monoisotopic (exact) mass is 134 g/mol. The third-order valence-electron chi connectivity index (χ3n) is 1.59. The molecule has 1 aromatic rings. The van der Waals surface area contributed by atoms with Crippen LogP contribution in [0.4, 0.5) is 0 Å². The second-order valence-electron chi connectivity index (χ2n) is 2.21. The molecule has 1 N–H and O–H groups in total. The van der Waals surface area contributed by atoms with Crippen LogP contribution in [-0.4, -0.2) is 10.2 Å². The molecule has 1 heterocycles. The van der Waals surface area contributed by atoms with E-state index in [0.29, 0.717) is 0 Å². The Labute approximate surface area is 56.7 Å². The van der Waals surface area contributed by atoms with E-state index in [2.05, 4.69) is 10.2 Å². The van der Waals surface area contributed by atoms with E-state index in [9.17, 15) is 4.79 Å². The first kappa shape index (κ1) is 5.41. The van der Waals surface area contributed by atoms with Crippen LogP contribution < -0.4 is 16.0 Å². The normalized spacial score (nSPS) is 13.6. The molecule has 0 amide bonds. The van der Waals surface area contributed by atoms with Gasteiger partial charge in [-0.15, -0.1) is 0 Å². The Balaban J connectivity index is 3.12. The van der Waals surface area contributed by atoms with Crippen molar-refractivity contribution in [2.75, 3.05) is 0 Å². The number of hydrogen-bond donors (Lipinski definition) is 1. The maximum atomic E-state index is 10.9. The molecule has 0 aliphatic heterocycles. The summed E-state index contributed by atoms with van der Waals surface area (Å²) >= 11 is 0. The largest absolute Gasteiger partial charge is 0.271 e. The molecule has 0 fully saturated rings. The van der Waals surface area contributed by atoms with Crippen molar-refractivity contribution in [2.45, 2.75) is 6.42 Å². The zero-order valence-corrected chi connectivity index (χ0v) is 5.29. The fourth-order valence-electron chi connectivity index (χ4n) is 1.10. The molecule has 50 valence electrons. The van der Waals surface area contributed by atoms with Crippen molar-refractivity contribution in [3.8, 4) is 0 Å². The van der Waals surface area contributed by atoms with E-state index in [-0.39, 0.29) is 5.56 Å². The quantitative estimate of drug-likeness (QED) is 0.481. The lowest BCUT2D eigenvalue weighted by Crippen LogP contribution is -2.39. The van der Waals surface area contributed by atoms with Crippen molar-refractivity contribution in [3.63, 3.8) is 0 Å². The summed E-state index contributed by atoms with van der Waals surface area (Å²) in [6.45, 7) is 0. The van der Waals surface area contributed by atoms with Crippen molar-refractivity contribution in [1.29, 1.82) is 0 Å². The highest BCUT2D eigenvalue weighted by Crippen LogP contribution is 1.83. The van der Waals surface area contributed by atoms with Gasteiger partial charge in [0.2, 0.25) is 0 Å². The maximum Gasteiger partial charge on any atom is 0.271 e. The van der Waals surface area contributed by atoms with Gasteiger partial charge in [0.1, 0.15) is 0 Å². The van der Waals surface area contributed by atoms with Crippen molar-refractivity contribution in [2.24, 2.45) is 0 Å². The average Bonchev–Trinajstić information content (AvgIpc) is 2.36. The van der Waals surface area contributed by atoms with Crippen molar-refractivity contribution < 1.29 is 0 Å². The molecule has 0 aromatic carbocycles. The summed E-state index contributed by atoms with van der Waals surface area (Å²) in [6, 6.07) is 0. The molecule has 10 heavy (non-hydrogen) atoms. The standard InChI is InChI=1S/C7H6N2O/c10-7-6-3-1-2-5(6)4-8-9-7/h2-4H,1H2,(H,9,10). The SMILES string of the molecule is O=c1[nH]ncc2c1=CCC=2. The van der Waals surface area contributed by atoms with Gasteiger partial charge in [-0.1, -0.05) is 12.2 Å². The van der Waals surface area contributed by atoms with Crippen LogP contribution in [0, 0.1) is 0 Å². The number of hydrogen-bond acceptors (Lipinski definition) is 2. The van der Waals surface area contributed by atoms with Gasteiger partial charge in [-0.25, -0.2) is 5.10 Å². The summed E-state index contributed by atoms with van der Waals surface area (Å²) in [7, 11) is 0. The summed E-state index contributed by atoms with van der Waals surface area (Å²) in [4.78, 5) is 10.9. The van der Waals surface area contributed by atoms with Gasteiger partial charge < -0.3 is 0 Å². The molecule has 3 nitrogen and oxygen atoms in total. The number of aromatic amines is 1. The highest BCUT2D eigenvalue weighted by molar-refractivity contribution is 5.44. The zero-order valence-electron chi connectivity index (χ0n) is 5.29. The summed E-state index contributed by atoms with van der Waals surface area (Å²) in [5.74, 6) is 0. The fourth-order valence-corrected chi connectivity index (χ4v) is 1.10. The number of H-pyrrole nitrogens is 1. The Morgan fingerprint density at radius 3 is 3.20 bits per heavy atom. The minimum Gasteiger partial charge on any atom is -0.267 e. The molecule has 1 aliphatic rings. The third kappa shape index (κ3) is 0.603. The van der Waals surface area contributed by atoms with E-state index in [0.717, 1.165) is 16.9 Å². The van der Waals surface area contributed by atoms with Crippen molar-refractivity contribution >= 4 is 12.2 Å².